The maximum atomic E-state index is 13.1. The number of aromatic nitrogens is 1. The average Bonchev–Trinajstić information content (AvgIpc) is 3.06. The van der Waals surface area contributed by atoms with Crippen molar-refractivity contribution in [3.63, 3.8) is 0 Å². The molecular formula is C21H22ClN3O6S. The highest BCUT2D eigenvalue weighted by atomic mass is 35.5. The van der Waals surface area contributed by atoms with Crippen LogP contribution in [0.25, 0.3) is 11.1 Å². The van der Waals surface area contributed by atoms with Gasteiger partial charge in [0.1, 0.15) is 5.75 Å². The lowest BCUT2D eigenvalue weighted by atomic mass is 10.2. The molecule has 1 aromatic heterocycles. The van der Waals surface area contributed by atoms with E-state index in [0.29, 0.717) is 16.3 Å². The van der Waals surface area contributed by atoms with Crippen LogP contribution in [0.1, 0.15) is 6.92 Å². The number of amides is 1. The van der Waals surface area contributed by atoms with Crippen molar-refractivity contribution < 1.29 is 22.4 Å². The van der Waals surface area contributed by atoms with E-state index < -0.39 is 21.9 Å². The number of ether oxygens (including phenoxy) is 1. The van der Waals surface area contributed by atoms with Gasteiger partial charge in [0.2, 0.25) is 10.0 Å². The van der Waals surface area contributed by atoms with Crippen molar-refractivity contribution in [3.05, 3.63) is 58.0 Å². The molecule has 11 heteroatoms. The third-order valence-corrected chi connectivity index (χ3v) is 7.54. The van der Waals surface area contributed by atoms with Crippen molar-refractivity contribution in [2.24, 2.45) is 7.05 Å². The Balaban J connectivity index is 1.42. The second-order valence-corrected chi connectivity index (χ2v) is 9.88. The third kappa shape index (κ3) is 4.25. The van der Waals surface area contributed by atoms with Gasteiger partial charge in [-0.1, -0.05) is 17.7 Å². The fourth-order valence-corrected chi connectivity index (χ4v) is 5.24. The zero-order valence-electron chi connectivity index (χ0n) is 17.5. The van der Waals surface area contributed by atoms with Gasteiger partial charge in [0.15, 0.2) is 11.7 Å². The van der Waals surface area contributed by atoms with E-state index in [4.69, 9.17) is 20.8 Å². The molecular weight excluding hydrogens is 458 g/mol. The molecule has 0 bridgehead atoms. The van der Waals surface area contributed by atoms with Crippen LogP contribution in [-0.4, -0.2) is 60.4 Å². The van der Waals surface area contributed by atoms with Crippen molar-refractivity contribution in [1.29, 1.82) is 0 Å². The van der Waals surface area contributed by atoms with Crippen LogP contribution >= 0.6 is 11.6 Å². The van der Waals surface area contributed by atoms with Gasteiger partial charge < -0.3 is 14.1 Å². The summed E-state index contributed by atoms with van der Waals surface area (Å²) < 4.78 is 39.5. The van der Waals surface area contributed by atoms with Crippen LogP contribution in [0.15, 0.2) is 56.6 Å². The van der Waals surface area contributed by atoms with Crippen LogP contribution in [0.4, 0.5) is 0 Å². The minimum absolute atomic E-state index is 0.0387. The molecule has 9 nitrogen and oxygen atoms in total. The van der Waals surface area contributed by atoms with Crippen LogP contribution in [0, 0.1) is 0 Å². The Bertz CT molecular complexity index is 1320. The molecule has 1 aliphatic heterocycles. The molecule has 170 valence electrons. The van der Waals surface area contributed by atoms with Gasteiger partial charge in [-0.15, -0.1) is 0 Å². The van der Waals surface area contributed by atoms with E-state index in [9.17, 15) is 18.0 Å². The maximum Gasteiger partial charge on any atom is 0.419 e. The highest BCUT2D eigenvalue weighted by Crippen LogP contribution is 2.23. The summed E-state index contributed by atoms with van der Waals surface area (Å²) in [6, 6.07) is 11.1. The first kappa shape index (κ1) is 22.4. The Morgan fingerprint density at radius 3 is 2.53 bits per heavy atom. The predicted octanol–water partition coefficient (Wildman–Crippen LogP) is 2.09. The number of hydrogen-bond donors (Lipinski definition) is 0. The first-order valence-electron chi connectivity index (χ1n) is 9.97. The van der Waals surface area contributed by atoms with Gasteiger partial charge in [-0.05, 0) is 37.3 Å². The lowest BCUT2D eigenvalue weighted by molar-refractivity contribution is -0.139. The molecule has 1 atom stereocenters. The van der Waals surface area contributed by atoms with E-state index in [-0.39, 0.29) is 42.6 Å². The number of fused-ring (bicyclic) bond motifs is 1. The van der Waals surface area contributed by atoms with Crippen molar-refractivity contribution >= 4 is 38.6 Å². The van der Waals surface area contributed by atoms with E-state index in [1.165, 1.54) is 21.0 Å². The quantitative estimate of drug-likeness (QED) is 0.555. The molecule has 4 rings (SSSR count). The first-order valence-corrected chi connectivity index (χ1v) is 11.8. The number of hydrogen-bond acceptors (Lipinski definition) is 6. The molecule has 0 radical (unpaired) electrons. The molecule has 2 heterocycles. The van der Waals surface area contributed by atoms with Crippen molar-refractivity contribution in [1.82, 2.24) is 13.8 Å². The third-order valence-electron chi connectivity index (χ3n) is 5.41. The maximum absolute atomic E-state index is 13.1. The predicted molar refractivity (Wildman–Crippen MR) is 118 cm³/mol. The lowest BCUT2D eigenvalue weighted by Gasteiger charge is -2.35. The zero-order valence-corrected chi connectivity index (χ0v) is 19.1. The summed E-state index contributed by atoms with van der Waals surface area (Å²) in [6.07, 6.45) is -0.736. The zero-order chi connectivity index (χ0) is 23.0. The van der Waals surface area contributed by atoms with Crippen LogP contribution < -0.4 is 10.5 Å². The number of oxazole rings is 1. The largest absolute Gasteiger partial charge is 0.481 e. The standard InChI is InChI=1S/C21H22ClN3O6S/c1-14(30-16-5-3-4-15(22)12-16)20(26)24-8-10-25(11-9-24)32(28,29)17-6-7-18-19(13-17)31-21(27)23(18)2/h3-7,12-14H,8-11H2,1-2H3/t14-/m1/s1. The number of piperazine rings is 1. The van der Waals surface area contributed by atoms with E-state index in [1.807, 2.05) is 0 Å². The van der Waals surface area contributed by atoms with Crippen molar-refractivity contribution in [2.75, 3.05) is 26.2 Å². The Labute approximate surface area is 189 Å². The van der Waals surface area contributed by atoms with Gasteiger partial charge in [-0.25, -0.2) is 13.2 Å². The van der Waals surface area contributed by atoms with Gasteiger partial charge in [0.25, 0.3) is 5.91 Å². The summed E-state index contributed by atoms with van der Waals surface area (Å²) in [6.45, 7) is 2.42. The minimum Gasteiger partial charge on any atom is -0.481 e. The first-order chi connectivity index (χ1) is 15.2. The van der Waals surface area contributed by atoms with Gasteiger partial charge in [0, 0.05) is 44.3 Å². The Morgan fingerprint density at radius 1 is 1.12 bits per heavy atom. The van der Waals surface area contributed by atoms with Crippen LogP contribution in [0.5, 0.6) is 5.75 Å². The Morgan fingerprint density at radius 2 is 1.84 bits per heavy atom. The molecule has 1 fully saturated rings. The molecule has 32 heavy (non-hydrogen) atoms. The molecule has 0 unspecified atom stereocenters. The number of nitrogens with zero attached hydrogens (tertiary/aromatic N) is 3. The Kier molecular flexibility index (Phi) is 6.02. The van der Waals surface area contributed by atoms with Crippen molar-refractivity contribution in [3.8, 4) is 5.75 Å². The number of sulfonamides is 1. The highest BCUT2D eigenvalue weighted by molar-refractivity contribution is 7.89. The van der Waals surface area contributed by atoms with Crippen LogP contribution in [0.3, 0.4) is 0 Å². The number of rotatable bonds is 5. The fraction of sp³-hybridized carbons (Fsp3) is 0.333. The normalized spacial score (nSPS) is 16.3. The summed E-state index contributed by atoms with van der Waals surface area (Å²) in [7, 11) is -2.25. The monoisotopic (exact) mass is 479 g/mol. The van der Waals surface area contributed by atoms with Crippen molar-refractivity contribution in [2.45, 2.75) is 17.9 Å². The Hall–Kier alpha value is -2.82. The molecule has 0 aliphatic carbocycles. The van der Waals surface area contributed by atoms with Gasteiger partial charge >= 0.3 is 5.76 Å². The average molecular weight is 480 g/mol. The second kappa shape index (κ2) is 8.61. The molecule has 1 aliphatic rings. The summed E-state index contributed by atoms with van der Waals surface area (Å²) in [5.74, 6) is -0.298. The van der Waals surface area contributed by atoms with Crippen LogP contribution in [0.2, 0.25) is 5.02 Å². The SMILES string of the molecule is C[C@@H](Oc1cccc(Cl)c1)C(=O)N1CCN(S(=O)(=O)c2ccc3c(c2)oc(=O)n3C)CC1. The molecule has 0 saturated carbocycles. The summed E-state index contributed by atoms with van der Waals surface area (Å²) in [5.41, 5.74) is 0.720. The molecule has 2 aromatic carbocycles. The molecule has 1 amide bonds. The fourth-order valence-electron chi connectivity index (χ4n) is 3.62. The van der Waals surface area contributed by atoms with Crippen LogP contribution in [-0.2, 0) is 21.9 Å². The molecule has 0 N–H and O–H groups in total. The number of benzene rings is 2. The molecule has 1 saturated heterocycles. The summed E-state index contributed by atoms with van der Waals surface area (Å²) in [4.78, 5) is 26.0. The van der Waals surface area contributed by atoms with Gasteiger partial charge in [-0.2, -0.15) is 4.31 Å². The second-order valence-electron chi connectivity index (χ2n) is 7.50. The van der Waals surface area contributed by atoms with E-state index in [2.05, 4.69) is 0 Å². The van der Waals surface area contributed by atoms with Gasteiger partial charge in [-0.3, -0.25) is 9.36 Å². The number of halogens is 1. The minimum atomic E-state index is -3.80. The van der Waals surface area contributed by atoms with E-state index in [1.54, 1.807) is 49.2 Å². The lowest BCUT2D eigenvalue weighted by Crippen LogP contribution is -2.53. The summed E-state index contributed by atoms with van der Waals surface area (Å²) in [5, 5.41) is 0.508. The van der Waals surface area contributed by atoms with Gasteiger partial charge in [0.05, 0.1) is 10.4 Å². The smallest absolute Gasteiger partial charge is 0.419 e. The number of carbonyl (C=O) groups is 1. The number of aryl methyl sites for hydroxylation is 1. The number of carbonyl (C=O) groups excluding carboxylic acids is 1. The molecule has 0 spiro atoms. The highest BCUT2D eigenvalue weighted by Gasteiger charge is 2.32. The summed E-state index contributed by atoms with van der Waals surface area (Å²) >= 11 is 5.95. The van der Waals surface area contributed by atoms with E-state index >= 15 is 0 Å². The topological polar surface area (TPSA) is 102 Å². The molecule has 3 aromatic rings. The van der Waals surface area contributed by atoms with E-state index in [0.717, 1.165) is 0 Å².